The average molecular weight is 643 g/mol. The van der Waals surface area contributed by atoms with Gasteiger partial charge in [-0.1, -0.05) is 37.3 Å². The standard InChI is InChI=1S/C34H38N6O5S/c1-3-36-18-20-37(21-19-36)27-10-7-17-38(24-27)33(41)32(26-8-5-4-6-9-26)39-31-22-25(23-35)11-16-30(31)40(34(39)42)46(43,44)29-14-12-28(45-2)13-15-29/h4-6,8-9,11-16,22,27,32H,3,7,10,17-21,24H2,1-2H3. The summed E-state index contributed by atoms with van der Waals surface area (Å²) in [7, 11) is -2.93. The van der Waals surface area contributed by atoms with Crippen LogP contribution in [0.2, 0.25) is 0 Å². The van der Waals surface area contributed by atoms with Gasteiger partial charge in [-0.3, -0.25) is 14.3 Å². The van der Waals surface area contributed by atoms with Gasteiger partial charge < -0.3 is 14.5 Å². The lowest BCUT2D eigenvalue weighted by molar-refractivity contribution is -0.136. The quantitative estimate of drug-likeness (QED) is 0.288. The van der Waals surface area contributed by atoms with E-state index in [1.54, 1.807) is 24.3 Å². The van der Waals surface area contributed by atoms with E-state index in [9.17, 15) is 23.3 Å². The zero-order valence-corrected chi connectivity index (χ0v) is 26.9. The number of carbonyl (C=O) groups is 1. The number of ether oxygens (including phenoxy) is 1. The summed E-state index contributed by atoms with van der Waals surface area (Å²) >= 11 is 0. The third-order valence-corrected chi connectivity index (χ3v) is 10.9. The molecule has 2 fully saturated rings. The molecule has 12 heteroatoms. The zero-order valence-electron chi connectivity index (χ0n) is 26.1. The van der Waals surface area contributed by atoms with Crippen LogP contribution < -0.4 is 10.4 Å². The van der Waals surface area contributed by atoms with Crippen molar-refractivity contribution in [1.29, 1.82) is 5.26 Å². The molecule has 2 atom stereocenters. The van der Waals surface area contributed by atoms with E-state index in [1.165, 1.54) is 54.1 Å². The lowest BCUT2D eigenvalue weighted by Gasteiger charge is -2.43. The predicted molar refractivity (Wildman–Crippen MR) is 174 cm³/mol. The molecular formula is C34H38N6O5S. The first-order chi connectivity index (χ1) is 22.3. The number of benzene rings is 3. The smallest absolute Gasteiger partial charge is 0.344 e. The van der Waals surface area contributed by atoms with Crippen LogP contribution in [-0.4, -0.2) is 96.5 Å². The van der Waals surface area contributed by atoms with Crippen LogP contribution in [0.3, 0.4) is 0 Å². The molecule has 0 bridgehead atoms. The van der Waals surface area contributed by atoms with Crippen LogP contribution in [0.1, 0.15) is 36.9 Å². The highest BCUT2D eigenvalue weighted by Crippen LogP contribution is 2.30. The summed E-state index contributed by atoms with van der Waals surface area (Å²) in [6.07, 6.45) is 1.81. The maximum atomic E-state index is 14.7. The van der Waals surface area contributed by atoms with Gasteiger partial charge in [-0.2, -0.15) is 9.23 Å². The van der Waals surface area contributed by atoms with Gasteiger partial charge >= 0.3 is 5.69 Å². The molecule has 2 aliphatic rings. The van der Waals surface area contributed by atoms with Crippen LogP contribution in [0.15, 0.2) is 82.5 Å². The van der Waals surface area contributed by atoms with Crippen molar-refractivity contribution in [2.24, 2.45) is 0 Å². The SMILES string of the molecule is CCN1CCN(C2CCCN(C(=O)C(c3ccccc3)n3c(=O)n(S(=O)(=O)c4ccc(OC)cc4)c4ccc(C#N)cc43)C2)CC1. The van der Waals surface area contributed by atoms with Crippen LogP contribution in [0.25, 0.3) is 11.0 Å². The minimum Gasteiger partial charge on any atom is -0.497 e. The fourth-order valence-corrected chi connectivity index (χ4v) is 8.10. The van der Waals surface area contributed by atoms with Gasteiger partial charge in [0.15, 0.2) is 0 Å². The Morgan fingerprint density at radius 3 is 2.35 bits per heavy atom. The molecule has 2 unspecified atom stereocenters. The minimum absolute atomic E-state index is 0.0823. The number of likely N-dealkylation sites (tertiary alicyclic amines) is 1. The molecule has 1 amide bonds. The van der Waals surface area contributed by atoms with Gasteiger partial charge in [-0.05, 0) is 67.4 Å². The Morgan fingerprint density at radius 1 is 0.978 bits per heavy atom. The number of amides is 1. The molecule has 0 N–H and O–H groups in total. The van der Waals surface area contributed by atoms with Crippen LogP contribution >= 0.6 is 0 Å². The zero-order chi connectivity index (χ0) is 32.4. The van der Waals surface area contributed by atoms with E-state index >= 15 is 0 Å². The van der Waals surface area contributed by atoms with E-state index in [0.717, 1.165) is 49.5 Å². The van der Waals surface area contributed by atoms with Gasteiger partial charge in [-0.15, -0.1) is 0 Å². The first-order valence-electron chi connectivity index (χ1n) is 15.6. The Labute approximate surface area is 268 Å². The second kappa shape index (κ2) is 13.1. The van der Waals surface area contributed by atoms with Gasteiger partial charge in [0, 0.05) is 45.3 Å². The van der Waals surface area contributed by atoms with E-state index in [2.05, 4.69) is 22.8 Å². The lowest BCUT2D eigenvalue weighted by Crippen LogP contribution is -2.56. The van der Waals surface area contributed by atoms with Crippen molar-refractivity contribution in [3.63, 3.8) is 0 Å². The number of aromatic nitrogens is 2. The number of piperidine rings is 1. The lowest BCUT2D eigenvalue weighted by atomic mass is 9.99. The van der Waals surface area contributed by atoms with Crippen molar-refractivity contribution >= 4 is 27.0 Å². The number of piperazine rings is 1. The summed E-state index contributed by atoms with van der Waals surface area (Å²) in [6.45, 7) is 8.11. The summed E-state index contributed by atoms with van der Waals surface area (Å²) in [5, 5.41) is 9.75. The van der Waals surface area contributed by atoms with E-state index in [1.807, 2.05) is 11.0 Å². The van der Waals surface area contributed by atoms with Crippen molar-refractivity contribution in [1.82, 2.24) is 23.2 Å². The van der Waals surface area contributed by atoms with E-state index in [0.29, 0.717) is 24.4 Å². The minimum atomic E-state index is -4.41. The largest absolute Gasteiger partial charge is 0.497 e. The van der Waals surface area contributed by atoms with Crippen LogP contribution in [0.5, 0.6) is 5.75 Å². The van der Waals surface area contributed by atoms with Gasteiger partial charge in [0.2, 0.25) is 0 Å². The van der Waals surface area contributed by atoms with Gasteiger partial charge in [0.25, 0.3) is 15.9 Å². The van der Waals surface area contributed by atoms with Crippen molar-refractivity contribution < 1.29 is 17.9 Å². The first-order valence-corrected chi connectivity index (χ1v) is 17.1. The van der Waals surface area contributed by atoms with Gasteiger partial charge in [-0.25, -0.2) is 13.2 Å². The Hall–Kier alpha value is -4.44. The molecule has 6 rings (SSSR count). The number of nitrogens with zero attached hydrogens (tertiary/aromatic N) is 6. The van der Waals surface area contributed by atoms with Crippen molar-refractivity contribution in [3.05, 3.63) is 94.4 Å². The number of hydrogen-bond donors (Lipinski definition) is 0. The molecule has 0 aliphatic carbocycles. The molecule has 2 aliphatic heterocycles. The number of fused-ring (bicyclic) bond motifs is 1. The predicted octanol–water partition coefficient (Wildman–Crippen LogP) is 3.14. The van der Waals surface area contributed by atoms with Crippen molar-refractivity contribution in [2.45, 2.75) is 36.7 Å². The molecule has 2 saturated heterocycles. The highest BCUT2D eigenvalue weighted by molar-refractivity contribution is 7.90. The van der Waals surface area contributed by atoms with Crippen LogP contribution in [-0.2, 0) is 14.8 Å². The molecule has 1 aromatic heterocycles. The summed E-state index contributed by atoms with van der Waals surface area (Å²) in [5.41, 5.74) is 0.180. The third kappa shape index (κ3) is 5.82. The maximum absolute atomic E-state index is 14.7. The Kier molecular flexibility index (Phi) is 8.99. The topological polar surface area (TPSA) is 121 Å². The van der Waals surface area contributed by atoms with E-state index < -0.39 is 21.8 Å². The average Bonchev–Trinajstić information content (AvgIpc) is 3.40. The molecule has 0 saturated carbocycles. The number of likely N-dealkylation sites (N-methyl/N-ethyl adjacent to an activating group) is 1. The van der Waals surface area contributed by atoms with Gasteiger partial charge in [0.05, 0.1) is 34.7 Å². The molecule has 3 aromatic carbocycles. The highest BCUT2D eigenvalue weighted by Gasteiger charge is 2.37. The number of hydrogen-bond acceptors (Lipinski definition) is 8. The van der Waals surface area contributed by atoms with Gasteiger partial charge in [0.1, 0.15) is 11.8 Å². The van der Waals surface area contributed by atoms with Crippen LogP contribution in [0.4, 0.5) is 0 Å². The summed E-state index contributed by atoms with van der Waals surface area (Å²) in [6, 6.07) is 20.3. The van der Waals surface area contributed by atoms with Crippen LogP contribution in [0, 0.1) is 11.3 Å². The summed E-state index contributed by atoms with van der Waals surface area (Å²) in [5.74, 6) is 0.183. The van der Waals surface area contributed by atoms with Crippen molar-refractivity contribution in [3.8, 4) is 11.8 Å². The molecule has 46 heavy (non-hydrogen) atoms. The maximum Gasteiger partial charge on any atom is 0.344 e. The molecule has 11 nitrogen and oxygen atoms in total. The monoisotopic (exact) mass is 642 g/mol. The number of nitriles is 1. The number of carbonyl (C=O) groups excluding carboxylic acids is 1. The molecule has 0 spiro atoms. The molecule has 240 valence electrons. The molecule has 0 radical (unpaired) electrons. The molecular weight excluding hydrogens is 604 g/mol. The molecule has 4 aromatic rings. The fraction of sp³-hybridized carbons (Fsp3) is 0.382. The second-order valence-electron chi connectivity index (χ2n) is 11.8. The number of imidazole rings is 1. The fourth-order valence-electron chi connectivity index (χ4n) is 6.70. The van der Waals surface area contributed by atoms with E-state index in [-0.39, 0.29) is 33.4 Å². The van der Waals surface area contributed by atoms with Crippen molar-refractivity contribution in [2.75, 3.05) is 52.9 Å². The summed E-state index contributed by atoms with van der Waals surface area (Å²) in [4.78, 5) is 35.7. The summed E-state index contributed by atoms with van der Waals surface area (Å²) < 4.78 is 35.3. The second-order valence-corrected chi connectivity index (χ2v) is 13.6. The highest BCUT2D eigenvalue weighted by atomic mass is 32.2. The Morgan fingerprint density at radius 2 is 1.70 bits per heavy atom. The first kappa shape index (κ1) is 31.5. The third-order valence-electron chi connectivity index (χ3n) is 9.25. The Bertz CT molecular complexity index is 1920. The number of methoxy groups -OCH3 is 1. The normalized spacial score (nSPS) is 18.7. The van der Waals surface area contributed by atoms with E-state index in [4.69, 9.17) is 4.74 Å². The molecule has 3 heterocycles. The number of rotatable bonds is 8. The Balaban J connectivity index is 1.46.